The molecule has 0 N–H and O–H groups in total. The van der Waals surface area contributed by atoms with Crippen LogP contribution in [0.5, 0.6) is 0 Å². The van der Waals surface area contributed by atoms with E-state index in [-0.39, 0.29) is 0 Å². The van der Waals surface area contributed by atoms with Gasteiger partial charge in [-0.2, -0.15) is 5.26 Å². The molecule has 98 valence electrons. The Morgan fingerprint density at radius 2 is 1.80 bits per heavy atom. The lowest BCUT2D eigenvalue weighted by molar-refractivity contribution is 0.311. The van der Waals surface area contributed by atoms with Gasteiger partial charge in [0.2, 0.25) is 0 Å². The number of hydrogen-bond donors (Lipinski definition) is 0. The van der Waals surface area contributed by atoms with Crippen LogP contribution in [0.15, 0.2) is 82.9 Å². The van der Waals surface area contributed by atoms with Crippen molar-refractivity contribution in [2.75, 3.05) is 0 Å². The molecule has 0 unspecified atom stereocenters. The SMILES string of the molecule is N#CC1=C(OC2=CC/C(=C3/C=CC=CC3)C=C2)CC=C1. The molecule has 0 radical (unpaired) electrons. The van der Waals surface area contributed by atoms with Gasteiger partial charge in [0.15, 0.2) is 0 Å². The highest BCUT2D eigenvalue weighted by atomic mass is 16.5. The van der Waals surface area contributed by atoms with Crippen molar-refractivity contribution in [1.82, 2.24) is 0 Å². The average molecular weight is 261 g/mol. The largest absolute Gasteiger partial charge is 0.460 e. The van der Waals surface area contributed by atoms with Crippen LogP contribution in [0.25, 0.3) is 0 Å². The van der Waals surface area contributed by atoms with E-state index in [1.165, 1.54) is 11.1 Å². The van der Waals surface area contributed by atoms with Crippen molar-refractivity contribution in [2.24, 2.45) is 0 Å². The molecule has 0 heterocycles. The molecule has 0 aromatic heterocycles. The number of rotatable bonds is 2. The maximum atomic E-state index is 8.98. The Hall–Kier alpha value is -2.53. The Labute approximate surface area is 119 Å². The summed E-state index contributed by atoms with van der Waals surface area (Å²) in [5, 5.41) is 8.98. The van der Waals surface area contributed by atoms with Crippen molar-refractivity contribution < 1.29 is 4.74 Å². The van der Waals surface area contributed by atoms with E-state index in [1.807, 2.05) is 18.2 Å². The van der Waals surface area contributed by atoms with Crippen LogP contribution in [-0.2, 0) is 4.74 Å². The minimum Gasteiger partial charge on any atom is -0.460 e. The summed E-state index contributed by atoms with van der Waals surface area (Å²) in [6.45, 7) is 0. The number of allylic oxidation sites excluding steroid dienone is 12. The Bertz CT molecular complexity index is 673. The van der Waals surface area contributed by atoms with Crippen molar-refractivity contribution in [3.63, 3.8) is 0 Å². The van der Waals surface area contributed by atoms with Gasteiger partial charge in [-0.1, -0.05) is 36.5 Å². The predicted molar refractivity (Wildman–Crippen MR) is 79.2 cm³/mol. The Morgan fingerprint density at radius 3 is 2.50 bits per heavy atom. The van der Waals surface area contributed by atoms with Gasteiger partial charge in [0, 0.05) is 6.42 Å². The molecule has 0 fully saturated rings. The van der Waals surface area contributed by atoms with Gasteiger partial charge in [-0.05, 0) is 42.2 Å². The van der Waals surface area contributed by atoms with Gasteiger partial charge in [-0.3, -0.25) is 0 Å². The lowest BCUT2D eigenvalue weighted by Gasteiger charge is -2.15. The number of hydrogen-bond acceptors (Lipinski definition) is 2. The zero-order valence-corrected chi connectivity index (χ0v) is 11.2. The second-order valence-electron chi connectivity index (χ2n) is 4.84. The van der Waals surface area contributed by atoms with Gasteiger partial charge >= 0.3 is 0 Å². The van der Waals surface area contributed by atoms with Gasteiger partial charge < -0.3 is 4.74 Å². The third-order valence-corrected chi connectivity index (χ3v) is 3.52. The fourth-order valence-corrected chi connectivity index (χ4v) is 2.42. The first-order valence-corrected chi connectivity index (χ1v) is 6.78. The van der Waals surface area contributed by atoms with E-state index in [0.29, 0.717) is 12.0 Å². The van der Waals surface area contributed by atoms with Crippen molar-refractivity contribution in [3.8, 4) is 6.07 Å². The summed E-state index contributed by atoms with van der Waals surface area (Å²) in [6, 6.07) is 2.15. The minimum absolute atomic E-state index is 0.629. The summed E-state index contributed by atoms with van der Waals surface area (Å²) in [7, 11) is 0. The van der Waals surface area contributed by atoms with E-state index in [1.54, 1.807) is 0 Å². The van der Waals surface area contributed by atoms with Crippen LogP contribution in [-0.4, -0.2) is 0 Å². The Balaban J connectivity index is 1.70. The second-order valence-corrected chi connectivity index (χ2v) is 4.84. The first-order chi connectivity index (χ1) is 9.86. The van der Waals surface area contributed by atoms with Crippen LogP contribution in [0.2, 0.25) is 0 Å². The summed E-state index contributed by atoms with van der Waals surface area (Å²) in [4.78, 5) is 0. The monoisotopic (exact) mass is 261 g/mol. The molecular formula is C18H15NO. The summed E-state index contributed by atoms with van der Waals surface area (Å²) < 4.78 is 5.81. The minimum atomic E-state index is 0.629. The lowest BCUT2D eigenvalue weighted by atomic mass is 9.96. The molecule has 20 heavy (non-hydrogen) atoms. The fourth-order valence-electron chi connectivity index (χ4n) is 2.42. The molecule has 0 amide bonds. The predicted octanol–water partition coefficient (Wildman–Crippen LogP) is 4.40. The smallest absolute Gasteiger partial charge is 0.126 e. The zero-order chi connectivity index (χ0) is 13.8. The molecule has 0 saturated heterocycles. The molecule has 3 aliphatic carbocycles. The number of ether oxygens (including phenoxy) is 1. The van der Waals surface area contributed by atoms with Crippen molar-refractivity contribution in [3.05, 3.63) is 82.9 Å². The van der Waals surface area contributed by atoms with Crippen molar-refractivity contribution >= 4 is 0 Å². The van der Waals surface area contributed by atoms with Gasteiger partial charge in [0.25, 0.3) is 0 Å². The molecular weight excluding hydrogens is 246 g/mol. The third-order valence-electron chi connectivity index (χ3n) is 3.52. The van der Waals surface area contributed by atoms with E-state index >= 15 is 0 Å². The normalized spacial score (nSPS) is 24.1. The first kappa shape index (κ1) is 12.5. The topological polar surface area (TPSA) is 33.0 Å². The molecule has 0 saturated carbocycles. The van der Waals surface area contributed by atoms with Gasteiger partial charge in [0.05, 0.1) is 5.57 Å². The lowest BCUT2D eigenvalue weighted by Crippen LogP contribution is -1.97. The summed E-state index contributed by atoms with van der Waals surface area (Å²) >= 11 is 0. The fraction of sp³-hybridized carbons (Fsp3) is 0.167. The Kier molecular flexibility index (Phi) is 3.52. The number of nitrogens with zero attached hydrogens (tertiary/aromatic N) is 1. The maximum absolute atomic E-state index is 8.98. The Morgan fingerprint density at radius 1 is 0.900 bits per heavy atom. The maximum Gasteiger partial charge on any atom is 0.126 e. The highest BCUT2D eigenvalue weighted by Crippen LogP contribution is 2.28. The quantitative estimate of drug-likeness (QED) is 0.738. The molecule has 0 atom stereocenters. The highest BCUT2D eigenvalue weighted by molar-refractivity contribution is 5.45. The zero-order valence-electron chi connectivity index (χ0n) is 11.2. The average Bonchev–Trinajstić information content (AvgIpc) is 2.96. The van der Waals surface area contributed by atoms with E-state index in [9.17, 15) is 0 Å². The molecule has 0 aromatic rings. The summed E-state index contributed by atoms with van der Waals surface area (Å²) in [6.07, 6.45) is 21.0. The third kappa shape index (κ3) is 2.57. The van der Waals surface area contributed by atoms with E-state index in [4.69, 9.17) is 10.00 Å². The molecule has 2 heteroatoms. The molecule has 0 spiro atoms. The standard InChI is InChI=1S/C18H15NO/c19-13-16-7-4-8-18(16)20-17-11-9-15(10-12-17)14-5-2-1-3-6-14/h1-5,7,9,11-12H,6,8,10H2/b15-14-. The van der Waals surface area contributed by atoms with E-state index in [2.05, 4.69) is 42.5 Å². The molecule has 0 aromatic carbocycles. The van der Waals surface area contributed by atoms with Crippen LogP contribution in [0, 0.1) is 11.3 Å². The van der Waals surface area contributed by atoms with Crippen LogP contribution in [0.3, 0.4) is 0 Å². The van der Waals surface area contributed by atoms with Crippen LogP contribution >= 0.6 is 0 Å². The van der Waals surface area contributed by atoms with Crippen LogP contribution in [0.4, 0.5) is 0 Å². The molecule has 3 rings (SSSR count). The number of nitriles is 1. The van der Waals surface area contributed by atoms with Crippen LogP contribution < -0.4 is 0 Å². The molecule has 3 aliphatic rings. The van der Waals surface area contributed by atoms with Crippen LogP contribution in [0.1, 0.15) is 19.3 Å². The van der Waals surface area contributed by atoms with Gasteiger partial charge in [0.1, 0.15) is 17.6 Å². The van der Waals surface area contributed by atoms with Crippen molar-refractivity contribution in [2.45, 2.75) is 19.3 Å². The van der Waals surface area contributed by atoms with Gasteiger partial charge in [-0.25, -0.2) is 0 Å². The molecule has 2 nitrogen and oxygen atoms in total. The van der Waals surface area contributed by atoms with E-state index in [0.717, 1.165) is 24.4 Å². The summed E-state index contributed by atoms with van der Waals surface area (Å²) in [5.74, 6) is 1.58. The first-order valence-electron chi connectivity index (χ1n) is 6.78. The highest BCUT2D eigenvalue weighted by Gasteiger charge is 2.13. The second kappa shape index (κ2) is 5.63. The molecule has 0 bridgehead atoms. The van der Waals surface area contributed by atoms with Crippen molar-refractivity contribution in [1.29, 1.82) is 5.26 Å². The summed E-state index contributed by atoms with van der Waals surface area (Å²) in [5.41, 5.74) is 3.32. The molecule has 0 aliphatic heterocycles. The van der Waals surface area contributed by atoms with E-state index < -0.39 is 0 Å². The van der Waals surface area contributed by atoms with Gasteiger partial charge in [-0.15, -0.1) is 0 Å².